The Morgan fingerprint density at radius 2 is 1.69 bits per heavy atom. The molecule has 0 saturated heterocycles. The molecule has 0 aliphatic rings. The van der Waals surface area contributed by atoms with Gasteiger partial charge in [-0.15, -0.1) is 0 Å². The molecule has 0 aliphatic heterocycles. The van der Waals surface area contributed by atoms with Gasteiger partial charge in [0, 0.05) is 11.1 Å². The number of para-hydroxylation sites is 1. The second-order valence-corrected chi connectivity index (χ2v) is 7.56. The number of hydrogen-bond donors (Lipinski definition) is 2. The number of alkyl halides is 3. The van der Waals surface area contributed by atoms with E-state index in [0.717, 1.165) is 12.1 Å². The highest BCUT2D eigenvalue weighted by Gasteiger charge is 2.30. The quantitative estimate of drug-likeness (QED) is 0.359. The number of fused-ring (bicyclic) bond motifs is 1. The summed E-state index contributed by atoms with van der Waals surface area (Å²) in [6.45, 7) is -0.622. The summed E-state index contributed by atoms with van der Waals surface area (Å²) in [5.41, 5.74) is 5.91. The number of hydrogen-bond acceptors (Lipinski definition) is 7. The smallest absolute Gasteiger partial charge is 0.416 e. The van der Waals surface area contributed by atoms with Crippen molar-refractivity contribution in [2.45, 2.75) is 12.8 Å². The van der Waals surface area contributed by atoms with Crippen molar-refractivity contribution in [3.63, 3.8) is 0 Å². The molecule has 36 heavy (non-hydrogen) atoms. The summed E-state index contributed by atoms with van der Waals surface area (Å²) < 4.78 is 49.0. The van der Waals surface area contributed by atoms with Gasteiger partial charge in [-0.3, -0.25) is 4.79 Å². The van der Waals surface area contributed by atoms with Crippen molar-refractivity contribution < 1.29 is 32.2 Å². The lowest BCUT2D eigenvalue weighted by Gasteiger charge is -2.11. The van der Waals surface area contributed by atoms with Crippen molar-refractivity contribution in [3.8, 4) is 5.75 Å². The van der Waals surface area contributed by atoms with Crippen LogP contribution in [0.25, 0.3) is 10.9 Å². The lowest BCUT2D eigenvalue weighted by atomic mass is 10.2. The van der Waals surface area contributed by atoms with Crippen LogP contribution in [-0.4, -0.2) is 28.5 Å². The molecular weight excluding hydrogens is 477 g/mol. The van der Waals surface area contributed by atoms with Crippen LogP contribution in [-0.2, 0) is 22.3 Å². The Hall–Kier alpha value is -4.67. The van der Waals surface area contributed by atoms with Crippen molar-refractivity contribution in [1.82, 2.24) is 9.97 Å². The monoisotopic (exact) mass is 496 g/mol. The largest absolute Gasteiger partial charge is 0.484 e. The first-order valence-corrected chi connectivity index (χ1v) is 10.6. The highest BCUT2D eigenvalue weighted by atomic mass is 19.4. The highest BCUT2D eigenvalue weighted by molar-refractivity contribution is 5.92. The average Bonchev–Trinajstić information content (AvgIpc) is 2.86. The maximum absolute atomic E-state index is 12.8. The van der Waals surface area contributed by atoms with Gasteiger partial charge in [-0.1, -0.05) is 18.2 Å². The van der Waals surface area contributed by atoms with Crippen molar-refractivity contribution in [1.29, 1.82) is 0 Å². The molecule has 184 valence electrons. The van der Waals surface area contributed by atoms with E-state index in [4.69, 9.17) is 15.2 Å². The predicted octanol–water partition coefficient (Wildman–Crippen LogP) is 4.61. The number of ether oxygens (including phenoxy) is 2. The van der Waals surface area contributed by atoms with Gasteiger partial charge < -0.3 is 20.5 Å². The van der Waals surface area contributed by atoms with Crippen LogP contribution in [0.4, 0.5) is 24.7 Å². The summed E-state index contributed by atoms with van der Waals surface area (Å²) in [6.07, 6.45) is -4.52. The summed E-state index contributed by atoms with van der Waals surface area (Å²) in [6, 6.07) is 17.3. The molecule has 0 unspecified atom stereocenters. The lowest BCUT2D eigenvalue weighted by molar-refractivity contribution is -0.137. The van der Waals surface area contributed by atoms with E-state index in [9.17, 15) is 22.8 Å². The minimum atomic E-state index is -4.52. The summed E-state index contributed by atoms with van der Waals surface area (Å²) in [5, 5.41) is 3.04. The molecule has 11 heteroatoms. The van der Waals surface area contributed by atoms with Crippen LogP contribution in [0, 0.1) is 0 Å². The van der Waals surface area contributed by atoms with Crippen molar-refractivity contribution in [2.24, 2.45) is 0 Å². The van der Waals surface area contributed by atoms with Gasteiger partial charge in [0.2, 0.25) is 0 Å². The third-order valence-corrected chi connectivity index (χ3v) is 4.94. The number of anilines is 2. The standard InChI is InChI=1S/C25H19F3N4O4/c26-25(27,28)16-4-3-5-17(12-16)30-22(33)14-35-18-10-8-15(9-11-18)24(34)36-13-21-31-20-7-2-1-6-19(20)23(29)32-21/h1-12H,13-14H2,(H,30,33)(H2,29,31,32). The van der Waals surface area contributed by atoms with Gasteiger partial charge in [0.05, 0.1) is 16.6 Å². The number of halogens is 3. The molecule has 3 N–H and O–H groups in total. The molecule has 1 aromatic heterocycles. The number of carbonyl (C=O) groups is 2. The number of rotatable bonds is 7. The molecule has 0 spiro atoms. The van der Waals surface area contributed by atoms with E-state index >= 15 is 0 Å². The topological polar surface area (TPSA) is 116 Å². The van der Waals surface area contributed by atoms with Gasteiger partial charge in [0.25, 0.3) is 5.91 Å². The number of amides is 1. The summed E-state index contributed by atoms with van der Waals surface area (Å²) in [4.78, 5) is 32.9. The van der Waals surface area contributed by atoms with Crippen LogP contribution < -0.4 is 15.8 Å². The minimum absolute atomic E-state index is 0.00586. The van der Waals surface area contributed by atoms with E-state index in [1.54, 1.807) is 12.1 Å². The minimum Gasteiger partial charge on any atom is -0.484 e. The first-order chi connectivity index (χ1) is 17.2. The molecule has 0 saturated carbocycles. The van der Waals surface area contributed by atoms with Gasteiger partial charge in [0.15, 0.2) is 19.0 Å². The van der Waals surface area contributed by atoms with Gasteiger partial charge >= 0.3 is 12.1 Å². The molecule has 1 amide bonds. The fourth-order valence-electron chi connectivity index (χ4n) is 3.24. The first kappa shape index (κ1) is 24.5. The summed E-state index contributed by atoms with van der Waals surface area (Å²) in [7, 11) is 0. The molecular formula is C25H19F3N4O4. The number of nitrogens with zero attached hydrogens (tertiary/aromatic N) is 2. The van der Waals surface area contributed by atoms with Crippen molar-refractivity contribution in [3.05, 3.63) is 89.7 Å². The Bertz CT molecular complexity index is 1410. The van der Waals surface area contributed by atoms with E-state index < -0.39 is 30.2 Å². The fourth-order valence-corrected chi connectivity index (χ4v) is 3.24. The van der Waals surface area contributed by atoms with Gasteiger partial charge in [0.1, 0.15) is 11.6 Å². The van der Waals surface area contributed by atoms with Crippen LogP contribution >= 0.6 is 0 Å². The van der Waals surface area contributed by atoms with Gasteiger partial charge in [-0.05, 0) is 54.6 Å². The normalized spacial score (nSPS) is 11.2. The maximum Gasteiger partial charge on any atom is 0.416 e. The van der Waals surface area contributed by atoms with E-state index in [1.165, 1.54) is 36.4 Å². The second kappa shape index (κ2) is 10.3. The van der Waals surface area contributed by atoms with Crippen LogP contribution in [0.3, 0.4) is 0 Å². The Kier molecular flexibility index (Phi) is 7.00. The van der Waals surface area contributed by atoms with Crippen molar-refractivity contribution in [2.75, 3.05) is 17.7 Å². The zero-order valence-electron chi connectivity index (χ0n) is 18.6. The Labute approximate surface area is 202 Å². The van der Waals surface area contributed by atoms with Crippen LogP contribution in [0.1, 0.15) is 21.7 Å². The van der Waals surface area contributed by atoms with Gasteiger partial charge in [-0.25, -0.2) is 14.8 Å². The fraction of sp³-hybridized carbons (Fsp3) is 0.120. The summed E-state index contributed by atoms with van der Waals surface area (Å²) in [5.74, 6) is -0.459. The Morgan fingerprint density at radius 1 is 0.944 bits per heavy atom. The van der Waals surface area contributed by atoms with Gasteiger partial charge in [-0.2, -0.15) is 13.2 Å². The molecule has 0 bridgehead atoms. The van der Waals surface area contributed by atoms with E-state index in [-0.39, 0.29) is 35.2 Å². The number of aromatic nitrogens is 2. The number of benzene rings is 3. The van der Waals surface area contributed by atoms with E-state index in [1.807, 2.05) is 12.1 Å². The first-order valence-electron chi connectivity index (χ1n) is 10.6. The summed E-state index contributed by atoms with van der Waals surface area (Å²) >= 11 is 0. The number of carbonyl (C=O) groups excluding carboxylic acids is 2. The molecule has 4 aromatic rings. The zero-order valence-corrected chi connectivity index (χ0v) is 18.6. The molecule has 3 aromatic carbocycles. The lowest BCUT2D eigenvalue weighted by Crippen LogP contribution is -2.20. The molecule has 1 heterocycles. The SMILES string of the molecule is Nc1nc(COC(=O)c2ccc(OCC(=O)Nc3cccc(C(F)(F)F)c3)cc2)nc2ccccc12. The van der Waals surface area contributed by atoms with E-state index in [2.05, 4.69) is 15.3 Å². The van der Waals surface area contributed by atoms with Crippen LogP contribution in [0.2, 0.25) is 0 Å². The molecule has 0 fully saturated rings. The third-order valence-electron chi connectivity index (χ3n) is 4.94. The molecule has 0 atom stereocenters. The number of nitrogens with one attached hydrogen (secondary N) is 1. The predicted molar refractivity (Wildman–Crippen MR) is 125 cm³/mol. The molecule has 8 nitrogen and oxygen atoms in total. The van der Waals surface area contributed by atoms with Crippen LogP contribution in [0.5, 0.6) is 5.75 Å². The Morgan fingerprint density at radius 3 is 2.44 bits per heavy atom. The number of nitrogen functional groups attached to an aromatic ring is 1. The molecule has 4 rings (SSSR count). The van der Waals surface area contributed by atoms with Crippen LogP contribution in [0.15, 0.2) is 72.8 Å². The maximum atomic E-state index is 12.8. The highest BCUT2D eigenvalue weighted by Crippen LogP contribution is 2.30. The van der Waals surface area contributed by atoms with E-state index in [0.29, 0.717) is 10.9 Å². The second-order valence-electron chi connectivity index (χ2n) is 7.56. The molecule has 0 aliphatic carbocycles. The number of esters is 1. The molecule has 0 radical (unpaired) electrons. The Balaban J connectivity index is 1.29. The van der Waals surface area contributed by atoms with Crippen molar-refractivity contribution >= 4 is 34.3 Å². The third kappa shape index (κ3) is 6.06. The average molecular weight is 496 g/mol. The zero-order chi connectivity index (χ0) is 25.7. The number of nitrogens with two attached hydrogens (primary N) is 1.